The van der Waals surface area contributed by atoms with E-state index in [2.05, 4.69) is 36.7 Å². The Balaban J connectivity index is 2.42. The van der Waals surface area contributed by atoms with Crippen LogP contribution in [0.5, 0.6) is 0 Å². The summed E-state index contributed by atoms with van der Waals surface area (Å²) >= 11 is 0. The Bertz CT molecular complexity index is 402. The van der Waals surface area contributed by atoms with E-state index in [1.54, 1.807) is 0 Å². The number of hydrogen-bond acceptors (Lipinski definition) is 1. The average Bonchev–Trinajstić information content (AvgIpc) is 2.16. The first-order valence-electron chi connectivity index (χ1n) is 4.90. The van der Waals surface area contributed by atoms with Crippen LogP contribution in [0, 0.1) is 0 Å². The molecule has 0 atom stereocenters. The standard InChI is InChI=1S/C13H15N/c1-9(2)12-7-6-11-5-4-10(3)14-13(11)8-12/h6-8,14H,1,3-5H2,2H3. The number of allylic oxidation sites excluding steroid dienone is 2. The molecular weight excluding hydrogens is 170 g/mol. The molecule has 0 radical (unpaired) electrons. The fourth-order valence-electron chi connectivity index (χ4n) is 1.71. The third-order valence-corrected chi connectivity index (χ3v) is 2.61. The predicted molar refractivity (Wildman–Crippen MR) is 62.2 cm³/mol. The Morgan fingerprint density at radius 3 is 2.86 bits per heavy atom. The number of rotatable bonds is 1. The highest BCUT2D eigenvalue weighted by atomic mass is 14.9. The molecule has 1 aromatic carbocycles. The van der Waals surface area contributed by atoms with Crippen LogP contribution in [0.3, 0.4) is 0 Å². The van der Waals surface area contributed by atoms with Gasteiger partial charge in [-0.3, -0.25) is 0 Å². The monoisotopic (exact) mass is 185 g/mol. The predicted octanol–water partition coefficient (Wildman–Crippen LogP) is 3.59. The van der Waals surface area contributed by atoms with E-state index in [1.165, 1.54) is 16.8 Å². The van der Waals surface area contributed by atoms with Gasteiger partial charge in [0.2, 0.25) is 0 Å². The summed E-state index contributed by atoms with van der Waals surface area (Å²) < 4.78 is 0. The van der Waals surface area contributed by atoms with Crippen molar-refractivity contribution in [2.45, 2.75) is 19.8 Å². The Labute approximate surface area is 85.2 Å². The van der Waals surface area contributed by atoms with Crippen molar-refractivity contribution in [1.82, 2.24) is 0 Å². The lowest BCUT2D eigenvalue weighted by Gasteiger charge is -2.20. The highest BCUT2D eigenvalue weighted by Gasteiger charge is 2.10. The molecule has 1 heterocycles. The molecule has 0 amide bonds. The van der Waals surface area contributed by atoms with Gasteiger partial charge in [0.15, 0.2) is 0 Å². The van der Waals surface area contributed by atoms with Gasteiger partial charge in [-0.25, -0.2) is 0 Å². The Hall–Kier alpha value is -1.50. The molecule has 1 aromatic rings. The molecular formula is C13H15N. The maximum Gasteiger partial charge on any atom is 0.0420 e. The second-order valence-electron chi connectivity index (χ2n) is 3.88. The molecule has 1 N–H and O–H groups in total. The highest BCUT2D eigenvalue weighted by molar-refractivity contribution is 5.69. The minimum Gasteiger partial charge on any atom is -0.359 e. The van der Waals surface area contributed by atoms with Crippen molar-refractivity contribution >= 4 is 11.3 Å². The van der Waals surface area contributed by atoms with Crippen molar-refractivity contribution < 1.29 is 0 Å². The van der Waals surface area contributed by atoms with Crippen LogP contribution >= 0.6 is 0 Å². The molecule has 0 fully saturated rings. The molecule has 0 saturated heterocycles. The molecule has 14 heavy (non-hydrogen) atoms. The Kier molecular flexibility index (Phi) is 2.16. The largest absolute Gasteiger partial charge is 0.359 e. The lowest BCUT2D eigenvalue weighted by molar-refractivity contribution is 0.918. The van der Waals surface area contributed by atoms with Crippen molar-refractivity contribution in [3.8, 4) is 0 Å². The van der Waals surface area contributed by atoms with E-state index in [4.69, 9.17) is 0 Å². The molecule has 1 aliphatic rings. The molecule has 72 valence electrons. The van der Waals surface area contributed by atoms with Crippen molar-refractivity contribution in [3.05, 3.63) is 48.2 Å². The fraction of sp³-hybridized carbons (Fsp3) is 0.231. The van der Waals surface area contributed by atoms with E-state index in [0.29, 0.717) is 0 Å². The van der Waals surface area contributed by atoms with E-state index in [1.807, 2.05) is 6.92 Å². The molecule has 0 unspecified atom stereocenters. The molecule has 1 heteroatoms. The summed E-state index contributed by atoms with van der Waals surface area (Å²) in [4.78, 5) is 0. The first kappa shape index (κ1) is 9.07. The van der Waals surface area contributed by atoms with Crippen LogP contribution in [-0.2, 0) is 6.42 Å². The van der Waals surface area contributed by atoms with Crippen molar-refractivity contribution in [3.63, 3.8) is 0 Å². The van der Waals surface area contributed by atoms with Gasteiger partial charge >= 0.3 is 0 Å². The van der Waals surface area contributed by atoms with E-state index in [0.717, 1.165) is 24.1 Å². The Morgan fingerprint density at radius 2 is 2.14 bits per heavy atom. The normalized spacial score (nSPS) is 14.5. The maximum absolute atomic E-state index is 3.95. The summed E-state index contributed by atoms with van der Waals surface area (Å²) in [7, 11) is 0. The van der Waals surface area contributed by atoms with Gasteiger partial charge in [0.25, 0.3) is 0 Å². The SMILES string of the molecule is C=C1CCc2ccc(C(=C)C)cc2N1. The van der Waals surface area contributed by atoms with Crippen LogP contribution in [0.2, 0.25) is 0 Å². The summed E-state index contributed by atoms with van der Waals surface area (Å²) in [5.74, 6) is 0. The molecule has 0 aliphatic carbocycles. The van der Waals surface area contributed by atoms with Gasteiger partial charge in [-0.15, -0.1) is 0 Å². The summed E-state index contributed by atoms with van der Waals surface area (Å²) in [5, 5.41) is 3.32. The van der Waals surface area contributed by atoms with Crippen LogP contribution in [-0.4, -0.2) is 0 Å². The number of anilines is 1. The third kappa shape index (κ3) is 1.58. The zero-order valence-electron chi connectivity index (χ0n) is 8.56. The lowest BCUT2D eigenvalue weighted by Crippen LogP contribution is -2.09. The highest BCUT2D eigenvalue weighted by Crippen LogP contribution is 2.28. The molecule has 0 bridgehead atoms. The second kappa shape index (κ2) is 3.33. The molecule has 2 rings (SSSR count). The Morgan fingerprint density at radius 1 is 1.36 bits per heavy atom. The van der Waals surface area contributed by atoms with Gasteiger partial charge < -0.3 is 5.32 Å². The fourth-order valence-corrected chi connectivity index (χ4v) is 1.71. The van der Waals surface area contributed by atoms with Gasteiger partial charge in [0.1, 0.15) is 0 Å². The smallest absolute Gasteiger partial charge is 0.0420 e. The van der Waals surface area contributed by atoms with Crippen molar-refractivity contribution in [2.24, 2.45) is 0 Å². The quantitative estimate of drug-likeness (QED) is 0.705. The van der Waals surface area contributed by atoms with Gasteiger partial charge in [-0.05, 0) is 37.0 Å². The summed E-state index contributed by atoms with van der Waals surface area (Å²) in [6, 6.07) is 6.47. The number of hydrogen-bond donors (Lipinski definition) is 1. The number of fused-ring (bicyclic) bond motifs is 1. The van der Waals surface area contributed by atoms with Gasteiger partial charge in [0.05, 0.1) is 0 Å². The minimum absolute atomic E-state index is 1.04. The number of benzene rings is 1. The van der Waals surface area contributed by atoms with Crippen LogP contribution < -0.4 is 5.32 Å². The summed E-state index contributed by atoms with van der Waals surface area (Å²) in [5.41, 5.74) is 5.98. The van der Waals surface area contributed by atoms with Gasteiger partial charge in [-0.2, -0.15) is 0 Å². The second-order valence-corrected chi connectivity index (χ2v) is 3.88. The maximum atomic E-state index is 3.95. The zero-order valence-corrected chi connectivity index (χ0v) is 8.56. The van der Waals surface area contributed by atoms with E-state index >= 15 is 0 Å². The van der Waals surface area contributed by atoms with Gasteiger partial charge in [0, 0.05) is 11.4 Å². The number of nitrogens with one attached hydrogen (secondary N) is 1. The van der Waals surface area contributed by atoms with Crippen molar-refractivity contribution in [2.75, 3.05) is 5.32 Å². The van der Waals surface area contributed by atoms with Gasteiger partial charge in [-0.1, -0.05) is 30.9 Å². The average molecular weight is 185 g/mol. The molecule has 1 aliphatic heterocycles. The third-order valence-electron chi connectivity index (χ3n) is 2.61. The molecule has 1 nitrogen and oxygen atoms in total. The summed E-state index contributed by atoms with van der Waals surface area (Å²) in [6.07, 6.45) is 2.14. The van der Waals surface area contributed by atoms with E-state index in [-0.39, 0.29) is 0 Å². The molecule has 0 aromatic heterocycles. The topological polar surface area (TPSA) is 12.0 Å². The summed E-state index contributed by atoms with van der Waals surface area (Å²) in [6.45, 7) is 9.92. The van der Waals surface area contributed by atoms with E-state index in [9.17, 15) is 0 Å². The lowest BCUT2D eigenvalue weighted by atomic mass is 9.98. The number of aryl methyl sites for hydroxylation is 1. The van der Waals surface area contributed by atoms with Crippen LogP contribution in [0.25, 0.3) is 5.57 Å². The van der Waals surface area contributed by atoms with Crippen LogP contribution in [0.4, 0.5) is 5.69 Å². The minimum atomic E-state index is 1.04. The van der Waals surface area contributed by atoms with E-state index < -0.39 is 0 Å². The van der Waals surface area contributed by atoms with Crippen LogP contribution in [0.1, 0.15) is 24.5 Å². The molecule has 0 spiro atoms. The van der Waals surface area contributed by atoms with Crippen LogP contribution in [0.15, 0.2) is 37.1 Å². The zero-order chi connectivity index (χ0) is 10.1. The first-order chi connectivity index (χ1) is 6.66. The van der Waals surface area contributed by atoms with Crippen molar-refractivity contribution in [1.29, 1.82) is 0 Å². The molecule has 0 saturated carbocycles. The first-order valence-corrected chi connectivity index (χ1v) is 4.90.